The second-order valence-electron chi connectivity index (χ2n) is 5.96. The van der Waals surface area contributed by atoms with Gasteiger partial charge in [0.25, 0.3) is 0 Å². The summed E-state index contributed by atoms with van der Waals surface area (Å²) >= 11 is 0. The van der Waals surface area contributed by atoms with Crippen molar-refractivity contribution in [2.75, 3.05) is 33.4 Å². The molecule has 0 spiro atoms. The van der Waals surface area contributed by atoms with Crippen molar-refractivity contribution < 1.29 is 9.84 Å². The minimum absolute atomic E-state index is 0.383. The van der Waals surface area contributed by atoms with Crippen LogP contribution < -0.4 is 0 Å². The van der Waals surface area contributed by atoms with Gasteiger partial charge in [-0.2, -0.15) is 0 Å². The van der Waals surface area contributed by atoms with Gasteiger partial charge in [-0.15, -0.1) is 0 Å². The van der Waals surface area contributed by atoms with Crippen LogP contribution in [0, 0.1) is 5.92 Å². The highest BCUT2D eigenvalue weighted by molar-refractivity contribution is 4.87. The fourth-order valence-electron chi connectivity index (χ4n) is 3.33. The Morgan fingerprint density at radius 2 is 1.82 bits per heavy atom. The zero-order valence-electron chi connectivity index (χ0n) is 11.2. The van der Waals surface area contributed by atoms with E-state index in [2.05, 4.69) is 4.90 Å². The van der Waals surface area contributed by atoms with Gasteiger partial charge in [-0.05, 0) is 44.7 Å². The van der Waals surface area contributed by atoms with Crippen LogP contribution in [0.25, 0.3) is 0 Å². The maximum absolute atomic E-state index is 10.5. The molecule has 1 N–H and O–H groups in total. The Kier molecular flexibility index (Phi) is 4.83. The van der Waals surface area contributed by atoms with E-state index in [1.54, 1.807) is 7.11 Å². The summed E-state index contributed by atoms with van der Waals surface area (Å²) in [5.74, 6) is 0.734. The number of piperidine rings is 1. The van der Waals surface area contributed by atoms with Gasteiger partial charge in [0.15, 0.2) is 0 Å². The third kappa shape index (κ3) is 3.94. The number of likely N-dealkylation sites (tertiary alicyclic amines) is 1. The van der Waals surface area contributed by atoms with Gasteiger partial charge in [-0.3, -0.25) is 0 Å². The molecule has 0 aromatic carbocycles. The van der Waals surface area contributed by atoms with Crippen LogP contribution >= 0.6 is 0 Å². The zero-order valence-corrected chi connectivity index (χ0v) is 11.2. The fourth-order valence-corrected chi connectivity index (χ4v) is 3.33. The molecule has 3 heteroatoms. The van der Waals surface area contributed by atoms with Crippen LogP contribution in [0.2, 0.25) is 0 Å². The molecule has 1 saturated carbocycles. The lowest BCUT2D eigenvalue weighted by Crippen LogP contribution is -2.47. The minimum atomic E-state index is -0.383. The Labute approximate surface area is 105 Å². The predicted molar refractivity (Wildman–Crippen MR) is 69.1 cm³/mol. The van der Waals surface area contributed by atoms with Crippen LogP contribution in [0.4, 0.5) is 0 Å². The van der Waals surface area contributed by atoms with Crippen molar-refractivity contribution in [3.8, 4) is 0 Å². The van der Waals surface area contributed by atoms with Crippen LogP contribution in [-0.4, -0.2) is 49.0 Å². The van der Waals surface area contributed by atoms with E-state index in [9.17, 15) is 5.11 Å². The number of hydrogen-bond acceptors (Lipinski definition) is 3. The molecule has 1 saturated heterocycles. The Morgan fingerprint density at radius 3 is 2.41 bits per heavy atom. The molecule has 1 aliphatic heterocycles. The molecule has 0 bridgehead atoms. The van der Waals surface area contributed by atoms with E-state index in [-0.39, 0.29) is 5.60 Å². The molecular formula is C14H27NO2. The highest BCUT2D eigenvalue weighted by Crippen LogP contribution is 2.30. The molecule has 1 aliphatic carbocycles. The van der Waals surface area contributed by atoms with Crippen molar-refractivity contribution in [1.82, 2.24) is 4.90 Å². The minimum Gasteiger partial charge on any atom is -0.389 e. The molecule has 0 unspecified atom stereocenters. The summed E-state index contributed by atoms with van der Waals surface area (Å²) in [4.78, 5) is 2.46. The first-order valence-corrected chi connectivity index (χ1v) is 7.15. The highest BCUT2D eigenvalue weighted by Gasteiger charge is 2.32. The van der Waals surface area contributed by atoms with Crippen LogP contribution in [0.5, 0.6) is 0 Å². The van der Waals surface area contributed by atoms with E-state index in [0.29, 0.717) is 0 Å². The van der Waals surface area contributed by atoms with E-state index in [1.807, 2.05) is 0 Å². The predicted octanol–water partition coefficient (Wildman–Crippen LogP) is 2.04. The molecule has 2 aliphatic rings. The van der Waals surface area contributed by atoms with Crippen molar-refractivity contribution in [2.45, 2.75) is 50.5 Å². The monoisotopic (exact) mass is 241 g/mol. The summed E-state index contributed by atoms with van der Waals surface area (Å²) in [7, 11) is 1.79. The second-order valence-corrected chi connectivity index (χ2v) is 5.96. The Morgan fingerprint density at radius 1 is 1.18 bits per heavy atom. The van der Waals surface area contributed by atoms with Crippen molar-refractivity contribution in [3.05, 3.63) is 0 Å². The third-order valence-electron chi connectivity index (χ3n) is 4.41. The molecule has 0 amide bonds. The Bertz CT molecular complexity index is 218. The van der Waals surface area contributed by atoms with Gasteiger partial charge in [-0.1, -0.05) is 19.3 Å². The molecule has 0 aromatic rings. The highest BCUT2D eigenvalue weighted by atomic mass is 16.5. The van der Waals surface area contributed by atoms with Gasteiger partial charge < -0.3 is 14.7 Å². The summed E-state index contributed by atoms with van der Waals surface area (Å²) in [5.41, 5.74) is -0.383. The van der Waals surface area contributed by atoms with Crippen molar-refractivity contribution in [3.63, 3.8) is 0 Å². The number of hydrogen-bond donors (Lipinski definition) is 1. The van der Waals surface area contributed by atoms with E-state index in [0.717, 1.165) is 45.0 Å². The average Bonchev–Trinajstić information content (AvgIpc) is 2.33. The zero-order chi connectivity index (χ0) is 12.1. The fraction of sp³-hybridized carbons (Fsp3) is 1.00. The van der Waals surface area contributed by atoms with Gasteiger partial charge in [-0.25, -0.2) is 0 Å². The quantitative estimate of drug-likeness (QED) is 0.817. The first kappa shape index (κ1) is 13.3. The first-order valence-electron chi connectivity index (χ1n) is 7.15. The van der Waals surface area contributed by atoms with Crippen molar-refractivity contribution >= 4 is 0 Å². The van der Waals surface area contributed by atoms with Crippen LogP contribution in [0.15, 0.2) is 0 Å². The van der Waals surface area contributed by atoms with Gasteiger partial charge in [0.05, 0.1) is 5.60 Å². The lowest BCUT2D eigenvalue weighted by atomic mass is 9.84. The number of aliphatic hydroxyl groups is 1. The van der Waals surface area contributed by atoms with E-state index >= 15 is 0 Å². The topological polar surface area (TPSA) is 32.7 Å². The first-order chi connectivity index (χ1) is 8.22. The maximum Gasteiger partial charge on any atom is 0.0774 e. The number of methoxy groups -OCH3 is 1. The number of ether oxygens (including phenoxy) is 1. The van der Waals surface area contributed by atoms with Gasteiger partial charge >= 0.3 is 0 Å². The second kappa shape index (κ2) is 6.17. The summed E-state index contributed by atoms with van der Waals surface area (Å²) in [6, 6.07) is 0. The number of rotatable bonds is 4. The molecule has 2 fully saturated rings. The van der Waals surface area contributed by atoms with E-state index < -0.39 is 0 Å². The van der Waals surface area contributed by atoms with Gasteiger partial charge in [0, 0.05) is 20.3 Å². The summed E-state index contributed by atoms with van der Waals surface area (Å²) in [6.07, 6.45) is 8.18. The van der Waals surface area contributed by atoms with Crippen LogP contribution in [0.1, 0.15) is 44.9 Å². The molecule has 2 rings (SSSR count). The maximum atomic E-state index is 10.5. The normalized spacial score (nSPS) is 27.2. The summed E-state index contributed by atoms with van der Waals surface area (Å²) < 4.78 is 5.22. The summed E-state index contributed by atoms with van der Waals surface area (Å²) in [5, 5.41) is 10.5. The van der Waals surface area contributed by atoms with E-state index in [4.69, 9.17) is 4.74 Å². The van der Waals surface area contributed by atoms with Crippen molar-refractivity contribution in [2.24, 2.45) is 5.92 Å². The van der Waals surface area contributed by atoms with Crippen LogP contribution in [-0.2, 0) is 4.74 Å². The Hall–Kier alpha value is -0.120. The average molecular weight is 241 g/mol. The molecule has 1 heterocycles. The molecule has 17 heavy (non-hydrogen) atoms. The molecule has 0 radical (unpaired) electrons. The standard InChI is InChI=1S/C14H27NO2/c1-17-11-13-5-9-15(10-6-13)12-14(16)7-3-2-4-8-14/h13,16H,2-12H2,1H3. The lowest BCUT2D eigenvalue weighted by molar-refractivity contribution is -0.0350. The van der Waals surface area contributed by atoms with Gasteiger partial charge in [0.2, 0.25) is 0 Å². The SMILES string of the molecule is COCC1CCN(CC2(O)CCCCC2)CC1. The summed E-state index contributed by atoms with van der Waals surface area (Å²) in [6.45, 7) is 4.07. The largest absolute Gasteiger partial charge is 0.389 e. The van der Waals surface area contributed by atoms with E-state index in [1.165, 1.54) is 32.1 Å². The smallest absolute Gasteiger partial charge is 0.0774 e. The number of β-amino-alcohol motifs (C(OH)–C–C–N with tert-alkyl or cyclic N) is 1. The molecule has 0 aromatic heterocycles. The van der Waals surface area contributed by atoms with Crippen molar-refractivity contribution in [1.29, 1.82) is 0 Å². The lowest BCUT2D eigenvalue weighted by Gasteiger charge is -2.39. The molecule has 100 valence electrons. The number of nitrogens with zero attached hydrogens (tertiary/aromatic N) is 1. The third-order valence-corrected chi connectivity index (χ3v) is 4.41. The van der Waals surface area contributed by atoms with Gasteiger partial charge in [0.1, 0.15) is 0 Å². The Balaban J connectivity index is 1.73. The molecule has 0 atom stereocenters. The molecule has 3 nitrogen and oxygen atoms in total. The van der Waals surface area contributed by atoms with Crippen LogP contribution in [0.3, 0.4) is 0 Å². The molecular weight excluding hydrogens is 214 g/mol.